The molecule has 1 aromatic heterocycles. The molecule has 0 aliphatic heterocycles. The van der Waals surface area contributed by atoms with Gasteiger partial charge in [-0.15, -0.1) is 0 Å². The Kier molecular flexibility index (Phi) is 7.96. The molecule has 32 heavy (non-hydrogen) atoms. The van der Waals surface area contributed by atoms with Crippen LogP contribution >= 0.6 is 0 Å². The molecule has 170 valence electrons. The summed E-state index contributed by atoms with van der Waals surface area (Å²) in [6.07, 6.45) is 0.632. The monoisotopic (exact) mass is 440 g/mol. The second kappa shape index (κ2) is 11.1. The molecular weight excluding hydrogens is 412 g/mol. The number of amides is 1. The molecule has 1 heterocycles. The Balaban J connectivity index is 1.63. The van der Waals surface area contributed by atoms with Crippen molar-refractivity contribution in [3.05, 3.63) is 53.7 Å². The number of hydrogen-bond donors (Lipinski definition) is 1. The van der Waals surface area contributed by atoms with Crippen molar-refractivity contribution in [2.45, 2.75) is 20.3 Å². The number of carbonyl (C=O) groups is 1. The molecule has 0 aliphatic carbocycles. The van der Waals surface area contributed by atoms with Crippen LogP contribution in [0.3, 0.4) is 0 Å². The van der Waals surface area contributed by atoms with E-state index >= 15 is 0 Å². The van der Waals surface area contributed by atoms with Crippen LogP contribution in [0.4, 0.5) is 0 Å². The first-order valence-electron chi connectivity index (χ1n) is 10.4. The van der Waals surface area contributed by atoms with E-state index in [4.69, 9.17) is 23.5 Å². The van der Waals surface area contributed by atoms with Crippen molar-refractivity contribution in [2.75, 3.05) is 34.0 Å². The van der Waals surface area contributed by atoms with E-state index in [1.165, 1.54) is 0 Å². The van der Waals surface area contributed by atoms with Crippen LogP contribution in [-0.4, -0.2) is 45.0 Å². The second-order valence-corrected chi connectivity index (χ2v) is 6.80. The number of carbonyl (C=O) groups excluding carboxylic acids is 1. The fraction of sp³-hybridized carbons (Fsp3) is 0.333. The molecule has 3 rings (SSSR count). The van der Waals surface area contributed by atoms with Crippen LogP contribution in [0, 0.1) is 0 Å². The second-order valence-electron chi connectivity index (χ2n) is 6.80. The largest absolute Gasteiger partial charge is 0.493 e. The molecule has 2 aromatic carbocycles. The van der Waals surface area contributed by atoms with Gasteiger partial charge in [0.15, 0.2) is 34.5 Å². The lowest BCUT2D eigenvalue weighted by atomic mass is 10.1. The smallest absolute Gasteiger partial charge is 0.273 e. The Morgan fingerprint density at radius 3 is 2.34 bits per heavy atom. The number of nitrogens with one attached hydrogen (secondary N) is 1. The van der Waals surface area contributed by atoms with Gasteiger partial charge in [-0.25, -0.2) is 0 Å². The van der Waals surface area contributed by atoms with E-state index in [1.54, 1.807) is 20.3 Å². The highest BCUT2D eigenvalue weighted by Gasteiger charge is 2.15. The molecule has 8 heteroatoms. The Bertz CT molecular complexity index is 1050. The van der Waals surface area contributed by atoms with Crippen molar-refractivity contribution in [1.29, 1.82) is 0 Å². The molecular formula is C24H28N2O6. The zero-order valence-corrected chi connectivity index (χ0v) is 18.8. The summed E-state index contributed by atoms with van der Waals surface area (Å²) >= 11 is 0. The summed E-state index contributed by atoms with van der Waals surface area (Å²) in [6.45, 7) is 5.30. The number of rotatable bonds is 11. The lowest BCUT2D eigenvalue weighted by molar-refractivity contribution is 0.0945. The predicted molar refractivity (Wildman–Crippen MR) is 120 cm³/mol. The summed E-state index contributed by atoms with van der Waals surface area (Å²) < 4.78 is 27.2. The van der Waals surface area contributed by atoms with Gasteiger partial charge in [0.2, 0.25) is 0 Å². The summed E-state index contributed by atoms with van der Waals surface area (Å²) in [5, 5.41) is 6.76. The van der Waals surface area contributed by atoms with Crippen molar-refractivity contribution in [3.63, 3.8) is 0 Å². The summed E-state index contributed by atoms with van der Waals surface area (Å²) in [5.41, 5.74) is 1.97. The molecule has 0 saturated heterocycles. The number of ether oxygens (including phenoxy) is 4. The molecule has 3 aromatic rings. The molecule has 0 spiro atoms. The van der Waals surface area contributed by atoms with Crippen molar-refractivity contribution in [1.82, 2.24) is 10.5 Å². The Hall–Kier alpha value is -3.68. The first-order chi connectivity index (χ1) is 15.6. The maximum atomic E-state index is 12.5. The Morgan fingerprint density at radius 1 is 0.906 bits per heavy atom. The molecule has 1 amide bonds. The van der Waals surface area contributed by atoms with E-state index in [9.17, 15) is 4.79 Å². The maximum Gasteiger partial charge on any atom is 0.273 e. The highest BCUT2D eigenvalue weighted by atomic mass is 16.5. The minimum atomic E-state index is -0.309. The van der Waals surface area contributed by atoms with Gasteiger partial charge in [0, 0.05) is 18.2 Å². The van der Waals surface area contributed by atoms with Crippen molar-refractivity contribution >= 4 is 5.91 Å². The van der Waals surface area contributed by atoms with Crippen LogP contribution in [0.25, 0.3) is 11.3 Å². The van der Waals surface area contributed by atoms with Crippen LogP contribution < -0.4 is 24.3 Å². The topological polar surface area (TPSA) is 92.1 Å². The van der Waals surface area contributed by atoms with Crippen molar-refractivity contribution in [2.24, 2.45) is 0 Å². The van der Waals surface area contributed by atoms with E-state index in [1.807, 2.05) is 50.2 Å². The molecule has 8 nitrogen and oxygen atoms in total. The predicted octanol–water partition coefficient (Wildman–Crippen LogP) is 4.13. The number of hydrogen-bond acceptors (Lipinski definition) is 7. The molecule has 0 bridgehead atoms. The summed E-state index contributed by atoms with van der Waals surface area (Å²) in [6, 6.07) is 12.7. The molecule has 0 unspecified atom stereocenters. The third-order valence-corrected chi connectivity index (χ3v) is 4.72. The zero-order chi connectivity index (χ0) is 22.9. The average Bonchev–Trinajstić information content (AvgIpc) is 3.31. The average molecular weight is 440 g/mol. The maximum absolute atomic E-state index is 12.5. The fourth-order valence-electron chi connectivity index (χ4n) is 3.17. The minimum Gasteiger partial charge on any atom is -0.493 e. The van der Waals surface area contributed by atoms with Crippen LogP contribution in [0.1, 0.15) is 29.9 Å². The molecule has 0 aliphatic rings. The highest BCUT2D eigenvalue weighted by Crippen LogP contribution is 2.33. The van der Waals surface area contributed by atoms with Crippen LogP contribution in [0.15, 0.2) is 47.0 Å². The number of aromatic nitrogens is 1. The van der Waals surface area contributed by atoms with Crippen LogP contribution in [-0.2, 0) is 6.42 Å². The summed E-state index contributed by atoms with van der Waals surface area (Å²) in [5.74, 6) is 2.75. The minimum absolute atomic E-state index is 0.208. The van der Waals surface area contributed by atoms with E-state index in [-0.39, 0.29) is 11.6 Å². The van der Waals surface area contributed by atoms with Gasteiger partial charge in [0.05, 0.1) is 27.4 Å². The van der Waals surface area contributed by atoms with E-state index in [0.29, 0.717) is 54.9 Å². The molecule has 0 radical (unpaired) electrons. The lowest BCUT2D eigenvalue weighted by Crippen LogP contribution is -2.25. The van der Waals surface area contributed by atoms with Crippen LogP contribution in [0.5, 0.6) is 23.0 Å². The van der Waals surface area contributed by atoms with Crippen molar-refractivity contribution < 1.29 is 28.3 Å². The van der Waals surface area contributed by atoms with Gasteiger partial charge < -0.3 is 28.8 Å². The summed E-state index contributed by atoms with van der Waals surface area (Å²) in [7, 11) is 3.18. The van der Waals surface area contributed by atoms with Crippen molar-refractivity contribution in [3.8, 4) is 34.3 Å². The standard InChI is InChI=1S/C24H28N2O6/c1-5-30-20-10-8-17(14-23(20)31-6-2)21-15-18(26-32-21)24(27)25-12-11-16-7-9-19(28-3)22(13-16)29-4/h7-10,13-15H,5-6,11-12H2,1-4H3,(H,25,27). The highest BCUT2D eigenvalue weighted by molar-refractivity contribution is 5.93. The third-order valence-electron chi connectivity index (χ3n) is 4.72. The fourth-order valence-corrected chi connectivity index (χ4v) is 3.17. The van der Waals surface area contributed by atoms with Gasteiger partial charge in [0.25, 0.3) is 5.91 Å². The first kappa shape index (κ1) is 23.0. The van der Waals surface area contributed by atoms with Gasteiger partial charge >= 0.3 is 0 Å². The third kappa shape index (κ3) is 5.51. The van der Waals surface area contributed by atoms with E-state index in [2.05, 4.69) is 10.5 Å². The molecule has 0 saturated carbocycles. The Labute approximate surface area is 187 Å². The van der Waals surface area contributed by atoms with Gasteiger partial charge in [0.1, 0.15) is 0 Å². The number of benzene rings is 2. The quantitative estimate of drug-likeness (QED) is 0.479. The molecule has 0 fully saturated rings. The van der Waals surface area contributed by atoms with E-state index < -0.39 is 0 Å². The first-order valence-corrected chi connectivity index (χ1v) is 10.4. The SMILES string of the molecule is CCOc1ccc(-c2cc(C(=O)NCCc3ccc(OC)c(OC)c3)no2)cc1OCC. The zero-order valence-electron chi connectivity index (χ0n) is 18.8. The normalized spacial score (nSPS) is 10.5. The number of nitrogens with zero attached hydrogens (tertiary/aromatic N) is 1. The van der Waals surface area contributed by atoms with Crippen LogP contribution in [0.2, 0.25) is 0 Å². The van der Waals surface area contributed by atoms with E-state index in [0.717, 1.165) is 11.1 Å². The number of methoxy groups -OCH3 is 2. The van der Waals surface area contributed by atoms with Gasteiger partial charge in [-0.3, -0.25) is 4.79 Å². The molecule has 0 atom stereocenters. The molecule has 1 N–H and O–H groups in total. The Morgan fingerprint density at radius 2 is 1.62 bits per heavy atom. The van der Waals surface area contributed by atoms with Gasteiger partial charge in [-0.05, 0) is 56.2 Å². The lowest BCUT2D eigenvalue weighted by Gasteiger charge is -2.11. The summed E-state index contributed by atoms with van der Waals surface area (Å²) in [4.78, 5) is 12.5. The van der Waals surface area contributed by atoms with Gasteiger partial charge in [-0.1, -0.05) is 11.2 Å². The van der Waals surface area contributed by atoms with Gasteiger partial charge in [-0.2, -0.15) is 0 Å².